The van der Waals surface area contributed by atoms with Crippen molar-refractivity contribution in [2.45, 2.75) is 32.7 Å². The Kier molecular flexibility index (Phi) is 5.36. The summed E-state index contributed by atoms with van der Waals surface area (Å²) in [5, 5.41) is 0. The Morgan fingerprint density at radius 1 is 1.23 bits per heavy atom. The van der Waals surface area contributed by atoms with E-state index in [-0.39, 0.29) is 24.4 Å². The smallest absolute Gasteiger partial charge is 0.245 e. The van der Waals surface area contributed by atoms with Crippen molar-refractivity contribution in [3.05, 3.63) is 47.5 Å². The second kappa shape index (κ2) is 7.25. The highest BCUT2D eigenvalue weighted by Gasteiger charge is 2.37. The molecule has 22 heavy (non-hydrogen) atoms. The van der Waals surface area contributed by atoms with Crippen LogP contribution in [0, 0.1) is 0 Å². The molecular formula is C18H24N2O2. The Labute approximate surface area is 132 Å². The van der Waals surface area contributed by atoms with E-state index in [1.807, 2.05) is 44.2 Å². The minimum absolute atomic E-state index is 0.0284. The first kappa shape index (κ1) is 16.3. The van der Waals surface area contributed by atoms with E-state index in [1.54, 1.807) is 11.9 Å². The molecule has 1 aromatic rings. The van der Waals surface area contributed by atoms with E-state index in [0.29, 0.717) is 13.0 Å². The summed E-state index contributed by atoms with van der Waals surface area (Å²) >= 11 is 0. The highest BCUT2D eigenvalue weighted by Crippen LogP contribution is 2.17. The predicted molar refractivity (Wildman–Crippen MR) is 87.3 cm³/mol. The van der Waals surface area contributed by atoms with Crippen molar-refractivity contribution in [2.75, 3.05) is 20.1 Å². The van der Waals surface area contributed by atoms with Crippen LogP contribution in [0.2, 0.25) is 0 Å². The highest BCUT2D eigenvalue weighted by atomic mass is 16.2. The quantitative estimate of drug-likeness (QED) is 0.783. The lowest BCUT2D eigenvalue weighted by atomic mass is 10.0. The number of carbonyl (C=O) groups is 2. The van der Waals surface area contributed by atoms with E-state index >= 15 is 0 Å². The molecule has 4 heteroatoms. The number of carbonyl (C=O) groups excluding carboxylic acids is 2. The van der Waals surface area contributed by atoms with E-state index in [2.05, 4.69) is 6.08 Å². The van der Waals surface area contributed by atoms with E-state index in [0.717, 1.165) is 12.0 Å². The molecule has 2 rings (SSSR count). The van der Waals surface area contributed by atoms with Gasteiger partial charge in [-0.15, -0.1) is 0 Å². The molecule has 1 heterocycles. The summed E-state index contributed by atoms with van der Waals surface area (Å²) in [6.07, 6.45) is 3.47. The molecule has 1 fully saturated rings. The van der Waals surface area contributed by atoms with Gasteiger partial charge >= 0.3 is 0 Å². The first-order valence-corrected chi connectivity index (χ1v) is 7.70. The number of piperazine rings is 1. The molecule has 0 bridgehead atoms. The van der Waals surface area contributed by atoms with Crippen molar-refractivity contribution in [3.8, 4) is 0 Å². The normalized spacial score (nSPS) is 18.6. The molecule has 118 valence electrons. The van der Waals surface area contributed by atoms with Gasteiger partial charge in [0, 0.05) is 20.0 Å². The largest absolute Gasteiger partial charge is 0.335 e. The Balaban J connectivity index is 2.16. The first-order chi connectivity index (χ1) is 10.5. The molecule has 0 unspecified atom stereocenters. The van der Waals surface area contributed by atoms with Crippen LogP contribution in [0.1, 0.15) is 25.8 Å². The number of hydrogen-bond acceptors (Lipinski definition) is 2. The van der Waals surface area contributed by atoms with Crippen LogP contribution in [0.25, 0.3) is 0 Å². The van der Waals surface area contributed by atoms with Crippen molar-refractivity contribution in [1.29, 1.82) is 0 Å². The topological polar surface area (TPSA) is 40.6 Å². The van der Waals surface area contributed by atoms with Crippen LogP contribution in [0.3, 0.4) is 0 Å². The van der Waals surface area contributed by atoms with Gasteiger partial charge in [0.2, 0.25) is 11.8 Å². The van der Waals surface area contributed by atoms with Gasteiger partial charge in [-0.05, 0) is 25.8 Å². The average Bonchev–Trinajstić information content (AvgIpc) is 2.48. The predicted octanol–water partition coefficient (Wildman–Crippen LogP) is 2.25. The Bertz CT molecular complexity index is 562. The zero-order chi connectivity index (χ0) is 16.1. The van der Waals surface area contributed by atoms with Gasteiger partial charge in [0.25, 0.3) is 0 Å². The third-order valence-corrected chi connectivity index (χ3v) is 3.92. The Morgan fingerprint density at radius 2 is 1.91 bits per heavy atom. The van der Waals surface area contributed by atoms with Crippen LogP contribution in [0.4, 0.5) is 0 Å². The summed E-state index contributed by atoms with van der Waals surface area (Å²) in [6, 6.07) is 9.49. The summed E-state index contributed by atoms with van der Waals surface area (Å²) in [7, 11) is 1.70. The molecule has 4 nitrogen and oxygen atoms in total. The van der Waals surface area contributed by atoms with Gasteiger partial charge in [-0.25, -0.2) is 0 Å². The standard InChI is InChI=1S/C18H24N2O2/c1-14(2)8-7-11-20-16(12-15-9-5-4-6-10-15)18(22)19(3)13-17(20)21/h4-6,8-10,16H,7,11-13H2,1-3H3/t16-/m0/s1. The fraction of sp³-hybridized carbons (Fsp3) is 0.444. The number of hydrogen-bond donors (Lipinski definition) is 0. The number of amides is 2. The van der Waals surface area contributed by atoms with Gasteiger partial charge in [0.15, 0.2) is 0 Å². The fourth-order valence-electron chi connectivity index (χ4n) is 2.74. The van der Waals surface area contributed by atoms with Gasteiger partial charge < -0.3 is 9.80 Å². The monoisotopic (exact) mass is 300 g/mol. The number of rotatable bonds is 5. The average molecular weight is 300 g/mol. The SMILES string of the molecule is CC(C)=CCCN1C(=O)CN(C)C(=O)[C@@H]1Cc1ccccc1. The van der Waals surface area contributed by atoms with E-state index in [4.69, 9.17) is 0 Å². The molecule has 1 aliphatic rings. The number of nitrogens with zero attached hydrogens (tertiary/aromatic N) is 2. The van der Waals surface area contributed by atoms with E-state index in [1.165, 1.54) is 10.5 Å². The van der Waals surface area contributed by atoms with Crippen LogP contribution in [-0.2, 0) is 16.0 Å². The molecule has 2 amide bonds. The molecule has 0 aromatic heterocycles. The zero-order valence-corrected chi connectivity index (χ0v) is 13.6. The Hall–Kier alpha value is -2.10. The molecule has 1 aliphatic heterocycles. The maximum atomic E-state index is 12.5. The lowest BCUT2D eigenvalue weighted by molar-refractivity contribution is -0.154. The van der Waals surface area contributed by atoms with Crippen molar-refractivity contribution in [3.63, 3.8) is 0 Å². The first-order valence-electron chi connectivity index (χ1n) is 7.70. The molecule has 1 atom stereocenters. The molecule has 0 saturated carbocycles. The van der Waals surface area contributed by atoms with Gasteiger partial charge in [-0.1, -0.05) is 42.0 Å². The van der Waals surface area contributed by atoms with Crippen LogP contribution < -0.4 is 0 Å². The molecule has 0 N–H and O–H groups in total. The molecular weight excluding hydrogens is 276 g/mol. The summed E-state index contributed by atoms with van der Waals surface area (Å²) in [6.45, 7) is 4.86. The maximum absolute atomic E-state index is 12.5. The minimum Gasteiger partial charge on any atom is -0.335 e. The summed E-state index contributed by atoms with van der Waals surface area (Å²) in [5.74, 6) is 0.0610. The second-order valence-corrected chi connectivity index (χ2v) is 6.06. The zero-order valence-electron chi connectivity index (χ0n) is 13.6. The number of allylic oxidation sites excluding steroid dienone is 1. The van der Waals surface area contributed by atoms with E-state index < -0.39 is 0 Å². The summed E-state index contributed by atoms with van der Waals surface area (Å²) in [4.78, 5) is 28.1. The molecule has 0 aliphatic carbocycles. The van der Waals surface area contributed by atoms with Crippen LogP contribution >= 0.6 is 0 Å². The summed E-state index contributed by atoms with van der Waals surface area (Å²) < 4.78 is 0. The van der Waals surface area contributed by atoms with E-state index in [9.17, 15) is 9.59 Å². The molecule has 1 aromatic carbocycles. The van der Waals surface area contributed by atoms with Crippen molar-refractivity contribution in [2.24, 2.45) is 0 Å². The number of benzene rings is 1. The van der Waals surface area contributed by atoms with Gasteiger partial charge in [-0.3, -0.25) is 9.59 Å². The van der Waals surface area contributed by atoms with Crippen molar-refractivity contribution < 1.29 is 9.59 Å². The van der Waals surface area contributed by atoms with Crippen LogP contribution in [-0.4, -0.2) is 47.8 Å². The lowest BCUT2D eigenvalue weighted by Gasteiger charge is -2.39. The van der Waals surface area contributed by atoms with Crippen LogP contribution in [0.5, 0.6) is 0 Å². The second-order valence-electron chi connectivity index (χ2n) is 6.06. The van der Waals surface area contributed by atoms with Crippen molar-refractivity contribution >= 4 is 11.8 Å². The van der Waals surface area contributed by atoms with Crippen molar-refractivity contribution in [1.82, 2.24) is 9.80 Å². The third kappa shape index (κ3) is 3.97. The van der Waals surface area contributed by atoms with Gasteiger partial charge in [-0.2, -0.15) is 0 Å². The Morgan fingerprint density at radius 3 is 2.55 bits per heavy atom. The molecule has 0 spiro atoms. The minimum atomic E-state index is -0.390. The molecule has 0 radical (unpaired) electrons. The number of likely N-dealkylation sites (N-methyl/N-ethyl adjacent to an activating group) is 1. The summed E-state index contributed by atoms with van der Waals surface area (Å²) in [5.41, 5.74) is 2.31. The third-order valence-electron chi connectivity index (χ3n) is 3.92. The van der Waals surface area contributed by atoms with Gasteiger partial charge in [0.05, 0.1) is 6.54 Å². The molecule has 1 saturated heterocycles. The van der Waals surface area contributed by atoms with Crippen LogP contribution in [0.15, 0.2) is 42.0 Å². The fourth-order valence-corrected chi connectivity index (χ4v) is 2.74. The maximum Gasteiger partial charge on any atom is 0.245 e. The highest BCUT2D eigenvalue weighted by molar-refractivity contribution is 5.94. The lowest BCUT2D eigenvalue weighted by Crippen LogP contribution is -2.59. The van der Waals surface area contributed by atoms with Gasteiger partial charge in [0.1, 0.15) is 6.04 Å².